The minimum absolute atomic E-state index is 0. The minimum Gasteiger partial charge on any atom is -0.297 e. The number of rotatable bonds is 3. The van der Waals surface area contributed by atoms with Gasteiger partial charge in [0, 0.05) is 11.8 Å². The Hall–Kier alpha value is -2.59. The summed E-state index contributed by atoms with van der Waals surface area (Å²) >= 11 is 0. The van der Waals surface area contributed by atoms with Crippen LogP contribution in [0.3, 0.4) is 0 Å². The molecule has 0 radical (unpaired) electrons. The third kappa shape index (κ3) is 3.12. The van der Waals surface area contributed by atoms with Gasteiger partial charge < -0.3 is 0 Å². The van der Waals surface area contributed by atoms with Gasteiger partial charge in [0.05, 0.1) is 17.4 Å². The summed E-state index contributed by atoms with van der Waals surface area (Å²) in [6.45, 7) is 0. The van der Waals surface area contributed by atoms with Crippen molar-refractivity contribution >= 4 is 40.5 Å². The van der Waals surface area contributed by atoms with E-state index in [1.54, 1.807) is 0 Å². The van der Waals surface area contributed by atoms with Crippen LogP contribution in [-0.2, 0) is 6.42 Å². The number of para-hydroxylation sites is 1. The number of halogens is 1. The SMILES string of the molecule is Cl.c1ccc(CCC2=Nc3cnc4ccccc4c3NN2)cc1. The zero-order chi connectivity index (χ0) is 14.8. The molecule has 2 N–H and O–H groups in total. The summed E-state index contributed by atoms with van der Waals surface area (Å²) in [5.41, 5.74) is 10.7. The second-order valence-corrected chi connectivity index (χ2v) is 5.33. The third-order valence-corrected chi connectivity index (χ3v) is 3.84. The van der Waals surface area contributed by atoms with Crippen molar-refractivity contribution in [2.75, 3.05) is 5.43 Å². The number of nitrogens with zero attached hydrogens (tertiary/aromatic N) is 2. The van der Waals surface area contributed by atoms with E-state index < -0.39 is 0 Å². The molecule has 0 saturated carbocycles. The van der Waals surface area contributed by atoms with Crippen LogP contribution in [0, 0.1) is 0 Å². The molecule has 23 heavy (non-hydrogen) atoms. The molecule has 0 amide bonds. The Morgan fingerprint density at radius 1 is 0.826 bits per heavy atom. The predicted octanol–water partition coefficient (Wildman–Crippen LogP) is 4.25. The number of nitrogens with one attached hydrogen (secondary N) is 2. The van der Waals surface area contributed by atoms with E-state index in [0.717, 1.165) is 41.0 Å². The van der Waals surface area contributed by atoms with Gasteiger partial charge in [0.2, 0.25) is 0 Å². The van der Waals surface area contributed by atoms with Crippen molar-refractivity contribution in [1.82, 2.24) is 10.4 Å². The van der Waals surface area contributed by atoms with Crippen LogP contribution < -0.4 is 10.9 Å². The van der Waals surface area contributed by atoms with Gasteiger partial charge in [-0.25, -0.2) is 4.99 Å². The molecule has 0 saturated heterocycles. The number of fused-ring (bicyclic) bond motifs is 3. The van der Waals surface area contributed by atoms with Gasteiger partial charge in [0.25, 0.3) is 0 Å². The number of anilines is 1. The first-order chi connectivity index (χ1) is 10.9. The molecule has 0 aliphatic carbocycles. The fourth-order valence-electron chi connectivity index (χ4n) is 2.68. The van der Waals surface area contributed by atoms with E-state index in [1.165, 1.54) is 5.56 Å². The molecule has 0 atom stereocenters. The molecule has 116 valence electrons. The first-order valence-corrected chi connectivity index (χ1v) is 7.41. The maximum absolute atomic E-state index is 4.69. The van der Waals surface area contributed by atoms with Crippen LogP contribution in [0.1, 0.15) is 12.0 Å². The molecular weight excluding hydrogens is 308 g/mol. The van der Waals surface area contributed by atoms with Crippen molar-refractivity contribution in [3.05, 3.63) is 66.4 Å². The van der Waals surface area contributed by atoms with Crippen molar-refractivity contribution in [3.8, 4) is 0 Å². The molecule has 2 heterocycles. The Balaban J connectivity index is 0.00000156. The number of pyridine rings is 1. The zero-order valence-corrected chi connectivity index (χ0v) is 13.3. The topological polar surface area (TPSA) is 49.3 Å². The maximum atomic E-state index is 4.69. The van der Waals surface area contributed by atoms with Crippen molar-refractivity contribution in [2.24, 2.45) is 4.99 Å². The number of hydrogen-bond donors (Lipinski definition) is 2. The molecule has 4 rings (SSSR count). The lowest BCUT2D eigenvalue weighted by Gasteiger charge is -2.20. The van der Waals surface area contributed by atoms with Gasteiger partial charge in [0.1, 0.15) is 11.5 Å². The molecule has 0 bridgehead atoms. The van der Waals surface area contributed by atoms with E-state index in [1.807, 2.05) is 30.5 Å². The average Bonchev–Trinajstić information content (AvgIpc) is 2.60. The second-order valence-electron chi connectivity index (χ2n) is 5.33. The highest BCUT2D eigenvalue weighted by atomic mass is 35.5. The maximum Gasteiger partial charge on any atom is 0.121 e. The summed E-state index contributed by atoms with van der Waals surface area (Å²) in [5.74, 6) is 0.938. The Morgan fingerprint density at radius 3 is 2.48 bits per heavy atom. The first kappa shape index (κ1) is 15.3. The van der Waals surface area contributed by atoms with Crippen molar-refractivity contribution < 1.29 is 0 Å². The lowest BCUT2D eigenvalue weighted by Crippen LogP contribution is -2.32. The fourth-order valence-corrected chi connectivity index (χ4v) is 2.68. The van der Waals surface area contributed by atoms with E-state index in [4.69, 9.17) is 4.99 Å². The van der Waals surface area contributed by atoms with E-state index >= 15 is 0 Å². The number of amidine groups is 1. The minimum atomic E-state index is 0. The van der Waals surface area contributed by atoms with Gasteiger partial charge in [-0.1, -0.05) is 48.5 Å². The standard InChI is InChI=1S/C18H16N4.ClH/c1-2-6-13(7-3-1)10-11-17-20-16-12-19-15-9-5-4-8-14(15)18(16)22-21-17;/h1-9,12,22H,10-11H2,(H,20,21);1H. The molecular formula is C18H17ClN4. The number of aliphatic imine (C=N–C) groups is 1. The summed E-state index contributed by atoms with van der Waals surface area (Å²) in [4.78, 5) is 9.16. The molecule has 2 aromatic carbocycles. The van der Waals surface area contributed by atoms with Crippen LogP contribution in [0.2, 0.25) is 0 Å². The van der Waals surface area contributed by atoms with Crippen molar-refractivity contribution in [1.29, 1.82) is 0 Å². The first-order valence-electron chi connectivity index (χ1n) is 7.41. The van der Waals surface area contributed by atoms with Crippen LogP contribution in [0.5, 0.6) is 0 Å². The van der Waals surface area contributed by atoms with E-state index in [-0.39, 0.29) is 12.4 Å². The fraction of sp³-hybridized carbons (Fsp3) is 0.111. The normalized spacial score (nSPS) is 12.4. The molecule has 0 fully saturated rings. The molecule has 5 heteroatoms. The summed E-state index contributed by atoms with van der Waals surface area (Å²) in [7, 11) is 0. The van der Waals surface area contributed by atoms with Crippen LogP contribution in [0.25, 0.3) is 10.9 Å². The monoisotopic (exact) mass is 324 g/mol. The van der Waals surface area contributed by atoms with E-state index in [0.29, 0.717) is 0 Å². The number of aromatic nitrogens is 1. The Labute approximate surface area is 141 Å². The highest BCUT2D eigenvalue weighted by molar-refractivity contribution is 6.01. The smallest absolute Gasteiger partial charge is 0.121 e. The van der Waals surface area contributed by atoms with Crippen LogP contribution in [-0.4, -0.2) is 10.8 Å². The molecule has 4 nitrogen and oxygen atoms in total. The van der Waals surface area contributed by atoms with Gasteiger partial charge in [-0.05, 0) is 18.1 Å². The Kier molecular flexibility index (Phi) is 4.44. The summed E-state index contributed by atoms with van der Waals surface area (Å²) in [6.07, 6.45) is 3.65. The molecule has 0 unspecified atom stereocenters. The number of hydrogen-bond acceptors (Lipinski definition) is 4. The Morgan fingerprint density at radius 2 is 1.61 bits per heavy atom. The van der Waals surface area contributed by atoms with Crippen LogP contribution in [0.15, 0.2) is 65.8 Å². The van der Waals surface area contributed by atoms with Crippen molar-refractivity contribution in [2.45, 2.75) is 12.8 Å². The van der Waals surface area contributed by atoms with Gasteiger partial charge in [-0.2, -0.15) is 0 Å². The lowest BCUT2D eigenvalue weighted by atomic mass is 10.1. The molecule has 1 aliphatic rings. The Bertz CT molecular complexity index is 846. The predicted molar refractivity (Wildman–Crippen MR) is 97.6 cm³/mol. The van der Waals surface area contributed by atoms with E-state index in [2.05, 4.69) is 46.2 Å². The van der Waals surface area contributed by atoms with Gasteiger partial charge in [-0.15, -0.1) is 12.4 Å². The van der Waals surface area contributed by atoms with Gasteiger partial charge in [-0.3, -0.25) is 15.8 Å². The number of benzene rings is 2. The summed E-state index contributed by atoms with van der Waals surface area (Å²) in [5, 5.41) is 1.08. The summed E-state index contributed by atoms with van der Waals surface area (Å²) in [6, 6.07) is 18.5. The van der Waals surface area contributed by atoms with Gasteiger partial charge >= 0.3 is 0 Å². The highest BCUT2D eigenvalue weighted by Crippen LogP contribution is 2.33. The highest BCUT2D eigenvalue weighted by Gasteiger charge is 2.14. The third-order valence-electron chi connectivity index (χ3n) is 3.84. The molecule has 3 aromatic rings. The van der Waals surface area contributed by atoms with Gasteiger partial charge in [0.15, 0.2) is 0 Å². The zero-order valence-electron chi connectivity index (χ0n) is 12.5. The largest absolute Gasteiger partial charge is 0.297 e. The molecule has 1 aromatic heterocycles. The average molecular weight is 325 g/mol. The molecule has 0 spiro atoms. The van der Waals surface area contributed by atoms with Crippen molar-refractivity contribution in [3.63, 3.8) is 0 Å². The van der Waals surface area contributed by atoms with E-state index in [9.17, 15) is 0 Å². The van der Waals surface area contributed by atoms with Crippen LogP contribution in [0.4, 0.5) is 11.4 Å². The lowest BCUT2D eigenvalue weighted by molar-refractivity contribution is 0.955. The number of aryl methyl sites for hydroxylation is 1. The number of hydrazine groups is 1. The molecule has 1 aliphatic heterocycles. The summed E-state index contributed by atoms with van der Waals surface area (Å²) < 4.78 is 0. The quantitative estimate of drug-likeness (QED) is 0.757. The van der Waals surface area contributed by atoms with Crippen LogP contribution >= 0.6 is 12.4 Å². The second kappa shape index (κ2) is 6.67.